The Morgan fingerprint density at radius 2 is 1.89 bits per heavy atom. The zero-order chi connectivity index (χ0) is 20.5. The molecule has 1 N–H and O–H groups in total. The molecule has 1 heterocycles. The minimum absolute atomic E-state index is 0.252. The summed E-state index contributed by atoms with van der Waals surface area (Å²) < 4.78 is 64.8. The van der Waals surface area contributed by atoms with Gasteiger partial charge in [0.2, 0.25) is 10.0 Å². The monoisotopic (exact) mass is 403 g/mol. The molecule has 0 aliphatic carbocycles. The smallest absolute Gasteiger partial charge is 0.296 e. The number of aromatic nitrogens is 2. The van der Waals surface area contributed by atoms with Crippen LogP contribution in [-0.2, 0) is 22.1 Å². The van der Waals surface area contributed by atoms with Crippen LogP contribution in [0.2, 0.25) is 0 Å². The maximum absolute atomic E-state index is 12.5. The van der Waals surface area contributed by atoms with Crippen molar-refractivity contribution in [2.75, 3.05) is 5.75 Å². The van der Waals surface area contributed by atoms with E-state index in [9.17, 15) is 26.4 Å². The number of nitrogens with zero attached hydrogens (tertiary/aromatic N) is 2. The Kier molecular flexibility index (Phi) is 5.81. The number of aldehydes is 1. The molecule has 0 aliphatic heterocycles. The fraction of sp³-hybridized carbons (Fsp3) is 0.412. The molecule has 0 spiro atoms. The third-order valence-electron chi connectivity index (χ3n) is 3.86. The predicted octanol–water partition coefficient (Wildman–Crippen LogP) is 3.10. The highest BCUT2D eigenvalue weighted by Gasteiger charge is 2.38. The van der Waals surface area contributed by atoms with Crippen LogP contribution in [0.4, 0.5) is 13.2 Å². The molecule has 0 saturated carbocycles. The Bertz CT molecular complexity index is 934. The van der Waals surface area contributed by atoms with Crippen LogP contribution in [-0.4, -0.2) is 36.4 Å². The van der Waals surface area contributed by atoms with Gasteiger partial charge in [-0.05, 0) is 38.5 Å². The number of benzene rings is 1. The fourth-order valence-corrected chi connectivity index (χ4v) is 4.13. The summed E-state index contributed by atoms with van der Waals surface area (Å²) in [6.45, 7) is 5.32. The SMILES string of the molecule is CCn1nc(C=O)cc1-c1cccc(C(C)(C)NS(=O)(=O)CC(F)(F)F)c1. The molecular weight excluding hydrogens is 383 g/mol. The summed E-state index contributed by atoms with van der Waals surface area (Å²) in [7, 11) is -4.57. The summed E-state index contributed by atoms with van der Waals surface area (Å²) in [4.78, 5) is 11.0. The minimum Gasteiger partial charge on any atom is -0.296 e. The van der Waals surface area contributed by atoms with Crippen LogP contribution >= 0.6 is 0 Å². The maximum Gasteiger partial charge on any atom is 0.404 e. The standard InChI is InChI=1S/C17H20F3N3O3S/c1-4-23-15(9-14(10-24)21-23)12-6-5-7-13(8-12)16(2,3)22-27(25,26)11-17(18,19)20/h5-10,22H,4,11H2,1-3H3. The number of sulfonamides is 1. The molecule has 0 aliphatic rings. The van der Waals surface area contributed by atoms with Crippen molar-refractivity contribution in [3.63, 3.8) is 0 Å². The van der Waals surface area contributed by atoms with E-state index in [1.54, 1.807) is 35.0 Å². The van der Waals surface area contributed by atoms with Gasteiger partial charge in [-0.25, -0.2) is 13.1 Å². The van der Waals surface area contributed by atoms with E-state index in [2.05, 4.69) is 9.82 Å². The first-order chi connectivity index (χ1) is 12.4. The average molecular weight is 403 g/mol. The average Bonchev–Trinajstić information content (AvgIpc) is 2.95. The summed E-state index contributed by atoms with van der Waals surface area (Å²) in [5, 5.41) is 4.13. The fourth-order valence-electron chi connectivity index (χ4n) is 2.73. The molecule has 6 nitrogen and oxygen atoms in total. The van der Waals surface area contributed by atoms with Gasteiger partial charge in [-0.15, -0.1) is 0 Å². The molecule has 148 valence electrons. The van der Waals surface area contributed by atoms with Crippen molar-refractivity contribution in [3.8, 4) is 11.3 Å². The molecule has 1 aromatic heterocycles. The van der Waals surface area contributed by atoms with E-state index in [-0.39, 0.29) is 5.69 Å². The minimum atomic E-state index is -4.83. The Labute approximate surface area is 155 Å². The lowest BCUT2D eigenvalue weighted by Gasteiger charge is -2.27. The van der Waals surface area contributed by atoms with Crippen molar-refractivity contribution in [1.82, 2.24) is 14.5 Å². The third-order valence-corrected chi connectivity index (χ3v) is 5.39. The molecule has 0 fully saturated rings. The van der Waals surface area contributed by atoms with Gasteiger partial charge in [-0.3, -0.25) is 9.48 Å². The Morgan fingerprint density at radius 1 is 1.22 bits per heavy atom. The number of rotatable bonds is 7. The third kappa shape index (κ3) is 5.39. The summed E-state index contributed by atoms with van der Waals surface area (Å²) in [6, 6.07) is 8.29. The molecule has 0 atom stereocenters. The number of carbonyl (C=O) groups is 1. The van der Waals surface area contributed by atoms with E-state index in [1.165, 1.54) is 13.8 Å². The van der Waals surface area contributed by atoms with Gasteiger partial charge in [-0.1, -0.05) is 18.2 Å². The van der Waals surface area contributed by atoms with Crippen LogP contribution < -0.4 is 4.72 Å². The summed E-state index contributed by atoms with van der Waals surface area (Å²) in [5.74, 6) is -1.95. The van der Waals surface area contributed by atoms with E-state index in [0.29, 0.717) is 29.7 Å². The van der Waals surface area contributed by atoms with Crippen molar-refractivity contribution in [2.45, 2.75) is 39.0 Å². The molecule has 0 radical (unpaired) electrons. The first-order valence-corrected chi connectivity index (χ1v) is 9.74. The molecule has 1 aromatic carbocycles. The summed E-state index contributed by atoms with van der Waals surface area (Å²) >= 11 is 0. The molecule has 2 aromatic rings. The highest BCUT2D eigenvalue weighted by molar-refractivity contribution is 7.89. The number of aryl methyl sites for hydroxylation is 1. The molecule has 0 saturated heterocycles. The van der Waals surface area contributed by atoms with E-state index < -0.39 is 27.5 Å². The zero-order valence-corrected chi connectivity index (χ0v) is 15.9. The molecular formula is C17H20F3N3O3S. The second-order valence-corrected chi connectivity index (χ2v) is 8.29. The normalized spacial score (nSPS) is 13.0. The van der Waals surface area contributed by atoms with Crippen LogP contribution in [0.3, 0.4) is 0 Å². The Morgan fingerprint density at radius 3 is 2.44 bits per heavy atom. The van der Waals surface area contributed by atoms with Crippen molar-refractivity contribution < 1.29 is 26.4 Å². The number of hydrogen-bond donors (Lipinski definition) is 1. The number of carbonyl (C=O) groups excluding carboxylic acids is 1. The highest BCUT2D eigenvalue weighted by Crippen LogP contribution is 2.28. The van der Waals surface area contributed by atoms with E-state index in [0.717, 1.165) is 0 Å². The number of nitrogens with one attached hydrogen (secondary N) is 1. The van der Waals surface area contributed by atoms with Gasteiger partial charge in [0.25, 0.3) is 0 Å². The first kappa shape index (κ1) is 21.1. The van der Waals surface area contributed by atoms with E-state index in [1.807, 2.05) is 6.92 Å². The highest BCUT2D eigenvalue weighted by atomic mass is 32.2. The van der Waals surface area contributed by atoms with Gasteiger partial charge >= 0.3 is 6.18 Å². The topological polar surface area (TPSA) is 81.1 Å². The lowest BCUT2D eigenvalue weighted by Crippen LogP contribution is -2.44. The molecule has 0 unspecified atom stereocenters. The second-order valence-electron chi connectivity index (χ2n) is 6.57. The number of alkyl halides is 3. The van der Waals surface area contributed by atoms with Gasteiger partial charge in [0, 0.05) is 12.1 Å². The molecule has 27 heavy (non-hydrogen) atoms. The van der Waals surface area contributed by atoms with Crippen LogP contribution in [0.15, 0.2) is 30.3 Å². The largest absolute Gasteiger partial charge is 0.404 e. The van der Waals surface area contributed by atoms with E-state index in [4.69, 9.17) is 0 Å². The van der Waals surface area contributed by atoms with Crippen molar-refractivity contribution in [3.05, 3.63) is 41.6 Å². The number of hydrogen-bond acceptors (Lipinski definition) is 4. The van der Waals surface area contributed by atoms with Crippen LogP contribution in [0, 0.1) is 0 Å². The summed E-state index contributed by atoms with van der Waals surface area (Å²) in [6.07, 6.45) is -4.21. The number of halogens is 3. The molecule has 2 rings (SSSR count). The zero-order valence-electron chi connectivity index (χ0n) is 15.0. The van der Waals surface area contributed by atoms with Crippen molar-refractivity contribution in [1.29, 1.82) is 0 Å². The first-order valence-electron chi connectivity index (χ1n) is 8.09. The maximum atomic E-state index is 12.5. The lowest BCUT2D eigenvalue weighted by molar-refractivity contribution is -0.106. The van der Waals surface area contributed by atoms with Crippen LogP contribution in [0.25, 0.3) is 11.3 Å². The quantitative estimate of drug-likeness (QED) is 0.721. The Balaban J connectivity index is 2.39. The summed E-state index contributed by atoms with van der Waals surface area (Å²) in [5.41, 5.74) is 0.767. The molecule has 0 bridgehead atoms. The van der Waals surface area contributed by atoms with Gasteiger partial charge in [0.05, 0.1) is 11.2 Å². The van der Waals surface area contributed by atoms with Gasteiger partial charge < -0.3 is 0 Å². The Hall–Kier alpha value is -2.20. The van der Waals surface area contributed by atoms with Crippen LogP contribution in [0.1, 0.15) is 36.8 Å². The van der Waals surface area contributed by atoms with Gasteiger partial charge in [0.1, 0.15) is 5.69 Å². The van der Waals surface area contributed by atoms with Gasteiger partial charge in [0.15, 0.2) is 12.0 Å². The predicted molar refractivity (Wildman–Crippen MR) is 94.7 cm³/mol. The lowest BCUT2D eigenvalue weighted by atomic mass is 9.93. The second kappa shape index (κ2) is 7.43. The van der Waals surface area contributed by atoms with Crippen molar-refractivity contribution in [2.24, 2.45) is 0 Å². The molecule has 10 heteroatoms. The van der Waals surface area contributed by atoms with Gasteiger partial charge in [-0.2, -0.15) is 18.3 Å². The van der Waals surface area contributed by atoms with Crippen LogP contribution in [0.5, 0.6) is 0 Å². The van der Waals surface area contributed by atoms with E-state index >= 15 is 0 Å². The molecule has 0 amide bonds. The van der Waals surface area contributed by atoms with Crippen molar-refractivity contribution >= 4 is 16.3 Å².